The largest absolute Gasteiger partial charge is 0.310 e. The van der Waals surface area contributed by atoms with Crippen LogP contribution in [-0.4, -0.2) is 0 Å². The number of hydrogen-bond acceptors (Lipinski definition) is 1. The Morgan fingerprint density at radius 3 is 1.87 bits per heavy atom. The summed E-state index contributed by atoms with van der Waals surface area (Å²) in [5.74, 6) is 0. The minimum atomic E-state index is -0.116. The van der Waals surface area contributed by atoms with Crippen LogP contribution in [0.1, 0.15) is 25.0 Å². The summed E-state index contributed by atoms with van der Waals surface area (Å²) in [5.41, 5.74) is 13.5. The van der Waals surface area contributed by atoms with Crippen LogP contribution < -0.4 is 4.90 Å². The third kappa shape index (κ3) is 4.70. The highest BCUT2D eigenvalue weighted by Crippen LogP contribution is 2.52. The van der Waals surface area contributed by atoms with E-state index in [1.807, 2.05) is 0 Å². The van der Waals surface area contributed by atoms with Gasteiger partial charge in [-0.15, -0.1) is 0 Å². The topological polar surface area (TPSA) is 3.24 Å². The molecule has 0 spiro atoms. The molecule has 0 unspecified atom stereocenters. The van der Waals surface area contributed by atoms with Gasteiger partial charge in [0.15, 0.2) is 0 Å². The third-order valence-corrected chi connectivity index (χ3v) is 11.2. The number of para-hydroxylation sites is 1. The highest BCUT2D eigenvalue weighted by Gasteiger charge is 2.36. The molecule has 9 aromatic carbocycles. The predicted molar refractivity (Wildman–Crippen MR) is 222 cm³/mol. The van der Waals surface area contributed by atoms with E-state index < -0.39 is 0 Å². The molecular formula is C51H37N. The van der Waals surface area contributed by atoms with Crippen LogP contribution >= 0.6 is 0 Å². The Kier molecular flexibility index (Phi) is 6.91. The molecule has 0 amide bonds. The predicted octanol–water partition coefficient (Wildman–Crippen LogP) is 14.3. The van der Waals surface area contributed by atoms with Crippen LogP contribution in [0.2, 0.25) is 0 Å². The van der Waals surface area contributed by atoms with E-state index in [9.17, 15) is 0 Å². The number of benzene rings is 9. The highest BCUT2D eigenvalue weighted by atomic mass is 15.1. The lowest BCUT2D eigenvalue weighted by Crippen LogP contribution is -2.17. The minimum Gasteiger partial charge on any atom is -0.310 e. The van der Waals surface area contributed by atoms with E-state index in [1.165, 1.54) is 76.8 Å². The van der Waals surface area contributed by atoms with Gasteiger partial charge in [-0.1, -0.05) is 159 Å². The van der Waals surface area contributed by atoms with Crippen molar-refractivity contribution in [1.29, 1.82) is 0 Å². The van der Waals surface area contributed by atoms with Gasteiger partial charge < -0.3 is 4.90 Å². The first kappa shape index (κ1) is 30.4. The summed E-state index contributed by atoms with van der Waals surface area (Å²) in [7, 11) is 0. The second-order valence-corrected chi connectivity index (χ2v) is 14.5. The molecular weight excluding hydrogens is 627 g/mol. The number of nitrogens with zero attached hydrogens (tertiary/aromatic N) is 1. The normalized spacial score (nSPS) is 13.0. The van der Waals surface area contributed by atoms with Gasteiger partial charge in [0.25, 0.3) is 0 Å². The maximum atomic E-state index is 2.48. The van der Waals surface area contributed by atoms with Gasteiger partial charge in [-0.2, -0.15) is 0 Å². The number of hydrogen-bond donors (Lipinski definition) is 0. The lowest BCUT2D eigenvalue weighted by Gasteiger charge is -2.31. The van der Waals surface area contributed by atoms with Gasteiger partial charge in [0.1, 0.15) is 0 Å². The smallest absolute Gasteiger partial charge is 0.0546 e. The molecule has 0 atom stereocenters. The fourth-order valence-electron chi connectivity index (χ4n) is 8.70. The van der Waals surface area contributed by atoms with E-state index in [0.717, 1.165) is 17.1 Å². The average Bonchev–Trinajstić information content (AvgIpc) is 3.43. The lowest BCUT2D eigenvalue weighted by atomic mass is 9.82. The molecule has 0 saturated heterocycles. The summed E-state index contributed by atoms with van der Waals surface area (Å²) in [5, 5.41) is 7.49. The average molecular weight is 664 g/mol. The standard InChI is InChI=1S/C51H37N/c1-51(2)47-25-13-12-23-44(47)45-30-29-39(33-48(45)51)52(38-18-4-3-5-19-38)49-26-14-24-41(37-28-27-34-15-6-7-16-35(34)31-37)50(49)46-32-36-17-8-9-20-40(36)42-21-10-11-22-43(42)46/h3-33H,1-2H3. The van der Waals surface area contributed by atoms with Gasteiger partial charge >= 0.3 is 0 Å². The second kappa shape index (κ2) is 11.8. The lowest BCUT2D eigenvalue weighted by molar-refractivity contribution is 0.660. The van der Waals surface area contributed by atoms with Crippen LogP contribution in [-0.2, 0) is 5.41 Å². The fraction of sp³-hybridized carbons (Fsp3) is 0.0588. The van der Waals surface area contributed by atoms with Gasteiger partial charge in [-0.25, -0.2) is 0 Å². The van der Waals surface area contributed by atoms with Crippen LogP contribution in [0.3, 0.4) is 0 Å². The van der Waals surface area contributed by atoms with Crippen molar-refractivity contribution in [2.24, 2.45) is 0 Å². The SMILES string of the molecule is CC1(C)c2ccccc2-c2ccc(N(c3ccccc3)c3cccc(-c4ccc5ccccc5c4)c3-c3cc4ccccc4c4ccccc34)cc21. The Hall–Kier alpha value is -6.44. The maximum Gasteiger partial charge on any atom is 0.0546 e. The Balaban J connectivity index is 1.30. The van der Waals surface area contributed by atoms with Crippen LogP contribution in [0, 0.1) is 0 Å². The molecule has 0 radical (unpaired) electrons. The molecule has 0 fully saturated rings. The van der Waals surface area contributed by atoms with Crippen molar-refractivity contribution in [3.05, 3.63) is 199 Å². The van der Waals surface area contributed by atoms with Crippen molar-refractivity contribution in [3.63, 3.8) is 0 Å². The van der Waals surface area contributed by atoms with Gasteiger partial charge in [0.05, 0.1) is 5.69 Å². The molecule has 10 rings (SSSR count). The Labute approximate surface area is 305 Å². The van der Waals surface area contributed by atoms with E-state index in [0.29, 0.717) is 0 Å². The molecule has 52 heavy (non-hydrogen) atoms. The monoisotopic (exact) mass is 663 g/mol. The molecule has 246 valence electrons. The van der Waals surface area contributed by atoms with E-state index in [1.54, 1.807) is 0 Å². The zero-order valence-corrected chi connectivity index (χ0v) is 29.3. The van der Waals surface area contributed by atoms with Crippen molar-refractivity contribution in [2.75, 3.05) is 4.90 Å². The van der Waals surface area contributed by atoms with Crippen LogP contribution in [0.4, 0.5) is 17.1 Å². The molecule has 0 aliphatic heterocycles. The first-order valence-electron chi connectivity index (χ1n) is 18.2. The molecule has 1 aliphatic carbocycles. The highest BCUT2D eigenvalue weighted by molar-refractivity contribution is 6.16. The molecule has 1 heteroatoms. The Morgan fingerprint density at radius 1 is 0.365 bits per heavy atom. The molecule has 9 aromatic rings. The van der Waals surface area contributed by atoms with E-state index in [-0.39, 0.29) is 5.41 Å². The summed E-state index contributed by atoms with van der Waals surface area (Å²) in [4.78, 5) is 2.48. The fourth-order valence-corrected chi connectivity index (χ4v) is 8.70. The zero-order chi connectivity index (χ0) is 34.8. The Morgan fingerprint density at radius 2 is 1.02 bits per heavy atom. The number of fused-ring (bicyclic) bond motifs is 7. The number of rotatable bonds is 5. The van der Waals surface area contributed by atoms with E-state index >= 15 is 0 Å². The summed E-state index contributed by atoms with van der Waals surface area (Å²) < 4.78 is 0. The first-order valence-corrected chi connectivity index (χ1v) is 18.2. The van der Waals surface area contributed by atoms with Crippen molar-refractivity contribution in [1.82, 2.24) is 0 Å². The maximum absolute atomic E-state index is 2.48. The van der Waals surface area contributed by atoms with Gasteiger partial charge in [0, 0.05) is 22.4 Å². The molecule has 0 heterocycles. The Bertz CT molecular complexity index is 2830. The van der Waals surface area contributed by atoms with Crippen LogP contribution in [0.25, 0.3) is 65.7 Å². The summed E-state index contributed by atoms with van der Waals surface area (Å²) in [6.07, 6.45) is 0. The summed E-state index contributed by atoms with van der Waals surface area (Å²) >= 11 is 0. The second-order valence-electron chi connectivity index (χ2n) is 14.5. The molecule has 1 aliphatic rings. The van der Waals surface area contributed by atoms with Gasteiger partial charge in [-0.3, -0.25) is 0 Å². The molecule has 0 aromatic heterocycles. The quantitative estimate of drug-likeness (QED) is 0.166. The van der Waals surface area contributed by atoms with Crippen LogP contribution in [0.15, 0.2) is 188 Å². The number of anilines is 3. The summed E-state index contributed by atoms with van der Waals surface area (Å²) in [6, 6.07) is 69.3. The molecule has 1 nitrogen and oxygen atoms in total. The van der Waals surface area contributed by atoms with Crippen molar-refractivity contribution < 1.29 is 0 Å². The van der Waals surface area contributed by atoms with Crippen LogP contribution in [0.5, 0.6) is 0 Å². The summed E-state index contributed by atoms with van der Waals surface area (Å²) in [6.45, 7) is 4.72. The molecule has 0 bridgehead atoms. The van der Waals surface area contributed by atoms with Crippen molar-refractivity contribution >= 4 is 49.4 Å². The van der Waals surface area contributed by atoms with Crippen molar-refractivity contribution in [3.8, 4) is 33.4 Å². The molecule has 0 saturated carbocycles. The van der Waals surface area contributed by atoms with E-state index in [4.69, 9.17) is 0 Å². The minimum absolute atomic E-state index is 0.116. The van der Waals surface area contributed by atoms with E-state index in [2.05, 4.69) is 207 Å². The zero-order valence-electron chi connectivity index (χ0n) is 29.3. The first-order chi connectivity index (χ1) is 25.6. The van der Waals surface area contributed by atoms with Gasteiger partial charge in [-0.05, 0) is 114 Å². The molecule has 0 N–H and O–H groups in total. The van der Waals surface area contributed by atoms with Gasteiger partial charge in [0.2, 0.25) is 0 Å². The van der Waals surface area contributed by atoms with Crippen molar-refractivity contribution in [2.45, 2.75) is 19.3 Å². The third-order valence-electron chi connectivity index (χ3n) is 11.2.